The van der Waals surface area contributed by atoms with Gasteiger partial charge in [0.1, 0.15) is 5.69 Å². The lowest BCUT2D eigenvalue weighted by Crippen LogP contribution is -2.31. The lowest BCUT2D eigenvalue weighted by molar-refractivity contribution is 0.0647. The van der Waals surface area contributed by atoms with Crippen LogP contribution in [0.15, 0.2) is 51.9 Å². The number of rotatable bonds is 7. The second kappa shape index (κ2) is 7.91. The van der Waals surface area contributed by atoms with E-state index in [2.05, 4.69) is 31.9 Å². The van der Waals surface area contributed by atoms with E-state index in [4.69, 9.17) is 9.26 Å². The fraction of sp³-hybridized carbons (Fsp3) is 0.368. The highest BCUT2D eigenvalue weighted by Gasteiger charge is 2.21. The molecule has 0 radical (unpaired) electrons. The first kappa shape index (κ1) is 16.4. The standard InChI is InChI=1S/C19H21N3O2S/c1-2-17(23-8-1)12-22(11-15-5-9-25-14-15)13-18-10-19(21-24-18)16-3-6-20-7-4-16/h3-7,9-10,14,17H,1-2,8,11-13H2. The number of ether oxygens (including phenoxy) is 1. The lowest BCUT2D eigenvalue weighted by atomic mass is 10.2. The Bertz CT molecular complexity index is 767. The fourth-order valence-electron chi connectivity index (χ4n) is 3.17. The number of pyridine rings is 1. The maximum absolute atomic E-state index is 5.82. The van der Waals surface area contributed by atoms with Crippen LogP contribution in [0.4, 0.5) is 0 Å². The molecule has 1 aliphatic heterocycles. The predicted molar refractivity (Wildman–Crippen MR) is 97.1 cm³/mol. The lowest BCUT2D eigenvalue weighted by Gasteiger charge is -2.23. The van der Waals surface area contributed by atoms with Crippen LogP contribution >= 0.6 is 11.3 Å². The van der Waals surface area contributed by atoms with Gasteiger partial charge in [-0.3, -0.25) is 9.88 Å². The molecule has 0 aliphatic carbocycles. The molecule has 1 unspecified atom stereocenters. The molecule has 0 spiro atoms. The molecule has 130 valence electrons. The second-order valence-corrected chi connectivity index (χ2v) is 7.13. The van der Waals surface area contributed by atoms with Gasteiger partial charge >= 0.3 is 0 Å². The number of thiophene rings is 1. The molecule has 1 saturated heterocycles. The van der Waals surface area contributed by atoms with Gasteiger partial charge < -0.3 is 9.26 Å². The largest absolute Gasteiger partial charge is 0.377 e. The zero-order valence-corrected chi connectivity index (χ0v) is 14.8. The third-order valence-electron chi connectivity index (χ3n) is 4.39. The van der Waals surface area contributed by atoms with Crippen LogP contribution < -0.4 is 0 Å². The summed E-state index contributed by atoms with van der Waals surface area (Å²) < 4.78 is 11.4. The smallest absolute Gasteiger partial charge is 0.151 e. The molecule has 25 heavy (non-hydrogen) atoms. The van der Waals surface area contributed by atoms with Gasteiger partial charge in [-0.2, -0.15) is 11.3 Å². The minimum absolute atomic E-state index is 0.321. The minimum atomic E-state index is 0.321. The topological polar surface area (TPSA) is 51.4 Å². The summed E-state index contributed by atoms with van der Waals surface area (Å²) >= 11 is 1.73. The molecule has 1 aliphatic rings. The molecule has 3 aromatic heterocycles. The van der Waals surface area contributed by atoms with Crippen molar-refractivity contribution < 1.29 is 9.26 Å². The van der Waals surface area contributed by atoms with Crippen LogP contribution in [-0.4, -0.2) is 34.3 Å². The number of hydrogen-bond donors (Lipinski definition) is 0. The average Bonchev–Trinajstić information content (AvgIpc) is 3.38. The Morgan fingerprint density at radius 1 is 1.20 bits per heavy atom. The van der Waals surface area contributed by atoms with Crippen LogP contribution in [0.2, 0.25) is 0 Å². The van der Waals surface area contributed by atoms with Gasteiger partial charge in [-0.15, -0.1) is 0 Å². The molecule has 0 aromatic carbocycles. The van der Waals surface area contributed by atoms with E-state index in [1.807, 2.05) is 18.2 Å². The maximum Gasteiger partial charge on any atom is 0.151 e. The Morgan fingerprint density at radius 2 is 2.12 bits per heavy atom. The van der Waals surface area contributed by atoms with Crippen molar-refractivity contribution in [3.63, 3.8) is 0 Å². The first-order valence-corrected chi connectivity index (χ1v) is 9.52. The average molecular weight is 355 g/mol. The third-order valence-corrected chi connectivity index (χ3v) is 5.12. The molecule has 4 heterocycles. The van der Waals surface area contributed by atoms with Crippen LogP contribution in [-0.2, 0) is 17.8 Å². The highest BCUT2D eigenvalue weighted by atomic mass is 32.1. The fourth-order valence-corrected chi connectivity index (χ4v) is 3.83. The van der Waals surface area contributed by atoms with E-state index in [1.54, 1.807) is 23.7 Å². The van der Waals surface area contributed by atoms with E-state index in [0.717, 1.165) is 56.1 Å². The quantitative estimate of drug-likeness (QED) is 0.642. The summed E-state index contributed by atoms with van der Waals surface area (Å²) in [5.74, 6) is 0.875. The molecule has 0 saturated carbocycles. The summed E-state index contributed by atoms with van der Waals surface area (Å²) in [4.78, 5) is 6.43. The Morgan fingerprint density at radius 3 is 2.88 bits per heavy atom. The first-order chi connectivity index (χ1) is 12.4. The van der Waals surface area contributed by atoms with Crippen molar-refractivity contribution in [1.82, 2.24) is 15.0 Å². The maximum atomic E-state index is 5.82. The van der Waals surface area contributed by atoms with Gasteiger partial charge in [0.2, 0.25) is 0 Å². The SMILES string of the molecule is c1cc(-c2cc(CN(Cc3ccsc3)CC3CCCO3)on2)ccn1. The Kier molecular flexibility index (Phi) is 5.20. The molecule has 0 amide bonds. The van der Waals surface area contributed by atoms with Crippen LogP contribution in [0.1, 0.15) is 24.2 Å². The van der Waals surface area contributed by atoms with Gasteiger partial charge in [0.05, 0.1) is 12.6 Å². The van der Waals surface area contributed by atoms with Crippen molar-refractivity contribution in [2.45, 2.75) is 32.0 Å². The van der Waals surface area contributed by atoms with Crippen LogP contribution in [0.3, 0.4) is 0 Å². The van der Waals surface area contributed by atoms with Gasteiger partial charge in [0, 0.05) is 43.7 Å². The third kappa shape index (κ3) is 4.34. The first-order valence-electron chi connectivity index (χ1n) is 8.58. The van der Waals surface area contributed by atoms with Gasteiger partial charge in [-0.05, 0) is 47.4 Å². The van der Waals surface area contributed by atoms with Gasteiger partial charge in [-0.25, -0.2) is 0 Å². The van der Waals surface area contributed by atoms with E-state index in [0.29, 0.717) is 6.10 Å². The molecule has 1 fully saturated rings. The number of aromatic nitrogens is 2. The van der Waals surface area contributed by atoms with E-state index in [9.17, 15) is 0 Å². The number of nitrogens with zero attached hydrogens (tertiary/aromatic N) is 3. The van der Waals surface area contributed by atoms with Crippen molar-refractivity contribution in [3.05, 3.63) is 58.7 Å². The van der Waals surface area contributed by atoms with Gasteiger partial charge in [0.15, 0.2) is 5.76 Å². The molecular formula is C19H21N3O2S. The Balaban J connectivity index is 1.46. The van der Waals surface area contributed by atoms with Crippen LogP contribution in [0.25, 0.3) is 11.3 Å². The monoisotopic (exact) mass is 355 g/mol. The van der Waals surface area contributed by atoms with Crippen molar-refractivity contribution >= 4 is 11.3 Å². The van der Waals surface area contributed by atoms with E-state index >= 15 is 0 Å². The summed E-state index contributed by atoms with van der Waals surface area (Å²) in [6.45, 7) is 3.43. The summed E-state index contributed by atoms with van der Waals surface area (Å²) in [6.07, 6.45) is 6.15. The Labute approximate surface area is 151 Å². The van der Waals surface area contributed by atoms with Gasteiger partial charge in [-0.1, -0.05) is 5.16 Å². The Hall–Kier alpha value is -2.02. The summed E-state index contributed by atoms with van der Waals surface area (Å²) in [5, 5.41) is 8.53. The zero-order valence-electron chi connectivity index (χ0n) is 14.0. The minimum Gasteiger partial charge on any atom is -0.377 e. The molecule has 1 atom stereocenters. The van der Waals surface area contributed by atoms with Crippen molar-refractivity contribution in [3.8, 4) is 11.3 Å². The molecule has 3 aromatic rings. The predicted octanol–water partition coefficient (Wildman–Crippen LogP) is 3.98. The van der Waals surface area contributed by atoms with E-state index < -0.39 is 0 Å². The van der Waals surface area contributed by atoms with Crippen molar-refractivity contribution in [2.75, 3.05) is 13.2 Å². The highest BCUT2D eigenvalue weighted by Crippen LogP contribution is 2.21. The van der Waals surface area contributed by atoms with E-state index in [1.165, 1.54) is 5.56 Å². The normalized spacial score (nSPS) is 17.4. The number of hydrogen-bond acceptors (Lipinski definition) is 6. The van der Waals surface area contributed by atoms with E-state index in [-0.39, 0.29) is 0 Å². The zero-order chi connectivity index (χ0) is 16.9. The van der Waals surface area contributed by atoms with Crippen LogP contribution in [0.5, 0.6) is 0 Å². The summed E-state index contributed by atoms with van der Waals surface area (Å²) in [7, 11) is 0. The second-order valence-electron chi connectivity index (χ2n) is 6.35. The van der Waals surface area contributed by atoms with Crippen molar-refractivity contribution in [2.24, 2.45) is 0 Å². The molecule has 6 heteroatoms. The molecular weight excluding hydrogens is 334 g/mol. The van der Waals surface area contributed by atoms with Crippen molar-refractivity contribution in [1.29, 1.82) is 0 Å². The summed E-state index contributed by atoms with van der Waals surface area (Å²) in [6, 6.07) is 8.08. The molecule has 5 nitrogen and oxygen atoms in total. The van der Waals surface area contributed by atoms with Crippen LogP contribution in [0, 0.1) is 0 Å². The molecule has 0 bridgehead atoms. The highest BCUT2D eigenvalue weighted by molar-refractivity contribution is 7.07. The molecule has 4 rings (SSSR count). The van der Waals surface area contributed by atoms with Gasteiger partial charge in [0.25, 0.3) is 0 Å². The molecule has 0 N–H and O–H groups in total. The summed E-state index contributed by atoms with van der Waals surface area (Å²) in [5.41, 5.74) is 3.20.